The highest BCUT2D eigenvalue weighted by Crippen LogP contribution is 2.45. The molecule has 1 aliphatic rings. The van der Waals surface area contributed by atoms with Gasteiger partial charge in [0.2, 0.25) is 0 Å². The highest BCUT2D eigenvalue weighted by molar-refractivity contribution is 5.53. The summed E-state index contributed by atoms with van der Waals surface area (Å²) in [7, 11) is 0. The van der Waals surface area contributed by atoms with Gasteiger partial charge in [-0.2, -0.15) is 0 Å². The van der Waals surface area contributed by atoms with E-state index in [9.17, 15) is 0 Å². The SMILES string of the molecule is Cc1cccc(CC2c3ccccc32)c1. The van der Waals surface area contributed by atoms with Crippen LogP contribution in [0.3, 0.4) is 0 Å². The molecule has 1 aliphatic carbocycles. The van der Waals surface area contributed by atoms with Gasteiger partial charge in [0.05, 0.1) is 0 Å². The van der Waals surface area contributed by atoms with E-state index < -0.39 is 0 Å². The van der Waals surface area contributed by atoms with Gasteiger partial charge in [0.1, 0.15) is 0 Å². The highest BCUT2D eigenvalue weighted by atomic mass is 14.3. The zero-order chi connectivity index (χ0) is 10.3. The van der Waals surface area contributed by atoms with E-state index in [4.69, 9.17) is 0 Å². The van der Waals surface area contributed by atoms with Crippen LogP contribution in [0.2, 0.25) is 0 Å². The summed E-state index contributed by atoms with van der Waals surface area (Å²) >= 11 is 0. The molecular weight excluding hydrogens is 180 g/mol. The first kappa shape index (κ1) is 8.72. The van der Waals surface area contributed by atoms with Crippen LogP contribution in [-0.2, 0) is 6.42 Å². The zero-order valence-corrected chi connectivity index (χ0v) is 8.90. The quantitative estimate of drug-likeness (QED) is 0.684. The maximum absolute atomic E-state index is 2.29. The van der Waals surface area contributed by atoms with Crippen molar-refractivity contribution >= 4 is 0 Å². The van der Waals surface area contributed by atoms with Crippen LogP contribution in [0.1, 0.15) is 28.2 Å². The second-order valence-corrected chi connectivity index (χ2v) is 4.37. The third-order valence-electron chi connectivity index (χ3n) is 3.19. The second kappa shape index (κ2) is 3.23. The maximum Gasteiger partial charge on any atom is 0.0136 e. The van der Waals surface area contributed by atoms with Crippen molar-refractivity contribution in [3.8, 4) is 0 Å². The van der Waals surface area contributed by atoms with Gasteiger partial charge in [-0.3, -0.25) is 0 Å². The molecule has 0 saturated heterocycles. The van der Waals surface area contributed by atoms with E-state index in [-0.39, 0.29) is 0 Å². The molecule has 15 heavy (non-hydrogen) atoms. The van der Waals surface area contributed by atoms with Gasteiger partial charge >= 0.3 is 0 Å². The van der Waals surface area contributed by atoms with E-state index in [1.54, 1.807) is 11.1 Å². The van der Waals surface area contributed by atoms with Crippen molar-refractivity contribution in [2.24, 2.45) is 0 Å². The van der Waals surface area contributed by atoms with Crippen LogP contribution in [0.4, 0.5) is 0 Å². The summed E-state index contributed by atoms with van der Waals surface area (Å²) in [6, 6.07) is 17.6. The molecule has 0 nitrogen and oxygen atoms in total. The predicted octanol–water partition coefficient (Wildman–Crippen LogP) is 3.68. The largest absolute Gasteiger partial charge is 0.0620 e. The van der Waals surface area contributed by atoms with Gasteiger partial charge in [-0.15, -0.1) is 0 Å². The average molecular weight is 194 g/mol. The van der Waals surface area contributed by atoms with Crippen LogP contribution in [0.15, 0.2) is 48.5 Å². The van der Waals surface area contributed by atoms with E-state index in [0.29, 0.717) is 5.92 Å². The Labute approximate surface area is 90.6 Å². The minimum Gasteiger partial charge on any atom is -0.0620 e. The molecule has 3 rings (SSSR count). The highest BCUT2D eigenvalue weighted by Gasteiger charge is 2.31. The Morgan fingerprint density at radius 2 is 1.67 bits per heavy atom. The normalized spacial score (nSPS) is 13.7. The fraction of sp³-hybridized carbons (Fsp3) is 0.200. The molecule has 0 heterocycles. The molecule has 0 unspecified atom stereocenters. The van der Waals surface area contributed by atoms with Gasteiger partial charge in [-0.05, 0) is 30.0 Å². The van der Waals surface area contributed by atoms with Crippen molar-refractivity contribution in [3.63, 3.8) is 0 Å². The summed E-state index contributed by atoms with van der Waals surface area (Å²) in [5, 5.41) is 0. The molecule has 0 saturated carbocycles. The predicted molar refractivity (Wildman–Crippen MR) is 63.2 cm³/mol. The minimum atomic E-state index is 0.696. The number of benzene rings is 2. The molecule has 0 fully saturated rings. The van der Waals surface area contributed by atoms with Crippen molar-refractivity contribution in [2.45, 2.75) is 19.3 Å². The summed E-state index contributed by atoms with van der Waals surface area (Å²) in [5.74, 6) is 0.696. The van der Waals surface area contributed by atoms with Gasteiger partial charge in [-0.25, -0.2) is 0 Å². The molecule has 2 aromatic carbocycles. The topological polar surface area (TPSA) is 0 Å². The third-order valence-corrected chi connectivity index (χ3v) is 3.19. The summed E-state index contributed by atoms with van der Waals surface area (Å²) in [4.78, 5) is 0. The van der Waals surface area contributed by atoms with E-state index in [2.05, 4.69) is 55.5 Å². The van der Waals surface area contributed by atoms with Crippen LogP contribution in [0, 0.1) is 6.92 Å². The lowest BCUT2D eigenvalue weighted by Gasteiger charge is -2.00. The monoisotopic (exact) mass is 194 g/mol. The Kier molecular flexibility index (Phi) is 1.88. The van der Waals surface area contributed by atoms with Crippen LogP contribution in [0.25, 0.3) is 0 Å². The summed E-state index contributed by atoms with van der Waals surface area (Å²) in [6.45, 7) is 2.16. The van der Waals surface area contributed by atoms with Crippen LogP contribution in [0.5, 0.6) is 0 Å². The molecule has 0 N–H and O–H groups in total. The summed E-state index contributed by atoms with van der Waals surface area (Å²) in [5.41, 5.74) is 5.89. The Morgan fingerprint density at radius 3 is 2.33 bits per heavy atom. The van der Waals surface area contributed by atoms with E-state index in [1.807, 2.05) is 0 Å². The van der Waals surface area contributed by atoms with Crippen LogP contribution < -0.4 is 0 Å². The van der Waals surface area contributed by atoms with Crippen molar-refractivity contribution < 1.29 is 0 Å². The van der Waals surface area contributed by atoms with Gasteiger partial charge < -0.3 is 0 Å². The Morgan fingerprint density at radius 1 is 0.933 bits per heavy atom. The lowest BCUT2D eigenvalue weighted by atomic mass is 10.0. The van der Waals surface area contributed by atoms with E-state index in [1.165, 1.54) is 17.5 Å². The second-order valence-electron chi connectivity index (χ2n) is 4.37. The molecule has 0 heteroatoms. The van der Waals surface area contributed by atoms with Gasteiger partial charge in [0.25, 0.3) is 0 Å². The first-order chi connectivity index (χ1) is 7.34. The van der Waals surface area contributed by atoms with Crippen LogP contribution in [-0.4, -0.2) is 0 Å². The fourth-order valence-corrected chi connectivity index (χ4v) is 2.35. The molecule has 0 radical (unpaired) electrons. The van der Waals surface area contributed by atoms with Crippen molar-refractivity contribution in [1.82, 2.24) is 0 Å². The van der Waals surface area contributed by atoms with Crippen molar-refractivity contribution in [3.05, 3.63) is 70.8 Å². The van der Waals surface area contributed by atoms with Crippen LogP contribution >= 0.6 is 0 Å². The van der Waals surface area contributed by atoms with Gasteiger partial charge in [-0.1, -0.05) is 54.1 Å². The van der Waals surface area contributed by atoms with E-state index in [0.717, 1.165) is 0 Å². The molecule has 0 amide bonds. The number of fused-ring (bicyclic) bond motifs is 1. The van der Waals surface area contributed by atoms with Crippen molar-refractivity contribution in [2.75, 3.05) is 0 Å². The minimum absolute atomic E-state index is 0.696. The molecule has 0 aromatic heterocycles. The smallest absolute Gasteiger partial charge is 0.0136 e. The first-order valence-electron chi connectivity index (χ1n) is 5.49. The number of hydrogen-bond donors (Lipinski definition) is 0. The molecule has 0 bridgehead atoms. The molecule has 0 spiro atoms. The van der Waals surface area contributed by atoms with E-state index >= 15 is 0 Å². The third kappa shape index (κ3) is 1.56. The summed E-state index contributed by atoms with van der Waals surface area (Å²) < 4.78 is 0. The number of rotatable bonds is 2. The maximum atomic E-state index is 2.29. The van der Waals surface area contributed by atoms with Crippen molar-refractivity contribution in [1.29, 1.82) is 0 Å². The molecule has 74 valence electrons. The molecule has 2 aromatic rings. The Balaban J connectivity index is 1.79. The molecule has 0 aliphatic heterocycles. The number of hydrogen-bond acceptors (Lipinski definition) is 0. The first-order valence-corrected chi connectivity index (χ1v) is 5.49. The Hall–Kier alpha value is -1.56. The lowest BCUT2D eigenvalue weighted by Crippen LogP contribution is -1.87. The molecule has 0 atom stereocenters. The lowest BCUT2D eigenvalue weighted by molar-refractivity contribution is 0.946. The fourth-order valence-electron chi connectivity index (χ4n) is 2.35. The Bertz CT molecular complexity index is 474. The van der Waals surface area contributed by atoms with Gasteiger partial charge in [0.15, 0.2) is 0 Å². The summed E-state index contributed by atoms with van der Waals surface area (Å²) in [6.07, 6.45) is 1.17. The standard InChI is InChI=1S/C15H14/c1-11-5-4-6-12(9-11)10-15-13-7-2-3-8-14(13)15/h2-9,15H,10H2,1H3. The average Bonchev–Trinajstić information content (AvgIpc) is 2.93. The zero-order valence-electron chi connectivity index (χ0n) is 8.90. The van der Waals surface area contributed by atoms with Gasteiger partial charge in [0, 0.05) is 5.92 Å². The molecular formula is C15H14. The number of aryl methyl sites for hydroxylation is 1.